The van der Waals surface area contributed by atoms with Gasteiger partial charge in [0.05, 0.1) is 12.6 Å². The van der Waals surface area contributed by atoms with Crippen molar-refractivity contribution in [2.75, 3.05) is 6.61 Å². The Morgan fingerprint density at radius 3 is 2.46 bits per heavy atom. The van der Waals surface area contributed by atoms with E-state index in [1.807, 2.05) is 54.6 Å². The first-order valence-electron chi connectivity index (χ1n) is 8.90. The van der Waals surface area contributed by atoms with E-state index >= 15 is 0 Å². The van der Waals surface area contributed by atoms with Crippen LogP contribution in [0.2, 0.25) is 0 Å². The molecule has 0 spiro atoms. The van der Waals surface area contributed by atoms with Gasteiger partial charge < -0.3 is 10.1 Å². The van der Waals surface area contributed by atoms with Crippen LogP contribution in [-0.2, 0) is 0 Å². The lowest BCUT2D eigenvalue weighted by molar-refractivity contribution is 0.0925. The molecule has 3 aromatic rings. The van der Waals surface area contributed by atoms with Crippen molar-refractivity contribution < 1.29 is 9.53 Å². The minimum Gasteiger partial charge on any atom is -0.493 e. The summed E-state index contributed by atoms with van der Waals surface area (Å²) in [5.41, 5.74) is 5.15. The molecule has 3 heteroatoms. The molecule has 0 saturated heterocycles. The lowest BCUT2D eigenvalue weighted by Crippen LogP contribution is -2.32. The van der Waals surface area contributed by atoms with Gasteiger partial charge in [-0.15, -0.1) is 0 Å². The lowest BCUT2D eigenvalue weighted by atomic mass is 9.98. The van der Waals surface area contributed by atoms with Gasteiger partial charge in [0.15, 0.2) is 0 Å². The molecule has 4 rings (SSSR count). The molecular formula is C23H21NO2. The van der Waals surface area contributed by atoms with Crippen LogP contribution in [0.3, 0.4) is 0 Å². The summed E-state index contributed by atoms with van der Waals surface area (Å²) in [7, 11) is 0. The summed E-state index contributed by atoms with van der Waals surface area (Å²) >= 11 is 0. The zero-order chi connectivity index (χ0) is 17.9. The van der Waals surface area contributed by atoms with Crippen molar-refractivity contribution in [1.82, 2.24) is 5.32 Å². The van der Waals surface area contributed by atoms with E-state index in [0.29, 0.717) is 12.2 Å². The van der Waals surface area contributed by atoms with Crippen molar-refractivity contribution in [3.8, 4) is 16.9 Å². The molecule has 1 N–H and O–H groups in total. The van der Waals surface area contributed by atoms with Gasteiger partial charge in [-0.25, -0.2) is 0 Å². The van der Waals surface area contributed by atoms with Crippen molar-refractivity contribution in [2.24, 2.45) is 0 Å². The largest absolute Gasteiger partial charge is 0.493 e. The molecule has 0 radical (unpaired) electrons. The summed E-state index contributed by atoms with van der Waals surface area (Å²) in [4.78, 5) is 12.7. The van der Waals surface area contributed by atoms with Crippen molar-refractivity contribution in [2.45, 2.75) is 19.4 Å². The number of fused-ring (bicyclic) bond motifs is 1. The highest BCUT2D eigenvalue weighted by atomic mass is 16.5. The number of carbonyl (C=O) groups excluding carboxylic acids is 1. The molecule has 1 unspecified atom stereocenters. The predicted octanol–water partition coefficient (Wildman–Crippen LogP) is 4.92. The topological polar surface area (TPSA) is 38.3 Å². The number of hydrogen-bond donors (Lipinski definition) is 1. The number of benzene rings is 3. The van der Waals surface area contributed by atoms with E-state index in [1.54, 1.807) is 0 Å². The number of carbonyl (C=O) groups is 1. The van der Waals surface area contributed by atoms with E-state index in [2.05, 4.69) is 30.4 Å². The van der Waals surface area contributed by atoms with Gasteiger partial charge in [-0.05, 0) is 36.2 Å². The van der Waals surface area contributed by atoms with Crippen LogP contribution in [0.4, 0.5) is 0 Å². The van der Waals surface area contributed by atoms with Crippen LogP contribution in [0.5, 0.6) is 5.75 Å². The van der Waals surface area contributed by atoms with Crippen LogP contribution < -0.4 is 10.1 Å². The number of ether oxygens (including phenoxy) is 1. The number of aryl methyl sites for hydroxylation is 1. The van der Waals surface area contributed by atoms with Gasteiger partial charge in [-0.1, -0.05) is 60.2 Å². The quantitative estimate of drug-likeness (QED) is 0.733. The Hall–Kier alpha value is -3.07. The summed E-state index contributed by atoms with van der Waals surface area (Å²) in [6.07, 6.45) is 0.782. The first-order valence-corrected chi connectivity index (χ1v) is 8.90. The molecule has 1 aliphatic rings. The van der Waals surface area contributed by atoms with Crippen LogP contribution in [0.15, 0.2) is 72.8 Å². The number of nitrogens with one attached hydrogen (secondary N) is 1. The molecular weight excluding hydrogens is 322 g/mol. The van der Waals surface area contributed by atoms with Crippen molar-refractivity contribution in [1.29, 1.82) is 0 Å². The van der Waals surface area contributed by atoms with Crippen molar-refractivity contribution in [3.63, 3.8) is 0 Å². The van der Waals surface area contributed by atoms with E-state index in [1.165, 1.54) is 5.56 Å². The normalized spacial score (nSPS) is 15.7. The minimum absolute atomic E-state index is 0.0139. The maximum atomic E-state index is 12.7. The van der Waals surface area contributed by atoms with Crippen molar-refractivity contribution in [3.05, 3.63) is 89.5 Å². The van der Waals surface area contributed by atoms with Crippen LogP contribution in [0.1, 0.15) is 33.9 Å². The van der Waals surface area contributed by atoms with E-state index < -0.39 is 0 Å². The summed E-state index contributed by atoms with van der Waals surface area (Å²) in [6.45, 7) is 2.67. The number of rotatable bonds is 3. The molecule has 26 heavy (non-hydrogen) atoms. The van der Waals surface area contributed by atoms with E-state index in [4.69, 9.17) is 4.74 Å². The summed E-state index contributed by atoms with van der Waals surface area (Å²) in [5.74, 6) is 0.815. The Morgan fingerprint density at radius 2 is 1.69 bits per heavy atom. The second-order valence-corrected chi connectivity index (χ2v) is 6.65. The highest BCUT2D eigenvalue weighted by Crippen LogP contribution is 2.33. The fourth-order valence-electron chi connectivity index (χ4n) is 3.35. The van der Waals surface area contributed by atoms with Crippen LogP contribution in [-0.4, -0.2) is 12.5 Å². The number of amides is 1. The molecule has 130 valence electrons. The Balaban J connectivity index is 1.52. The highest BCUT2D eigenvalue weighted by Gasteiger charge is 2.23. The molecule has 0 saturated carbocycles. The number of hydrogen-bond acceptors (Lipinski definition) is 2. The average Bonchev–Trinajstić information content (AvgIpc) is 2.69. The van der Waals surface area contributed by atoms with E-state index in [-0.39, 0.29) is 11.9 Å². The third kappa shape index (κ3) is 3.33. The SMILES string of the molecule is Cc1ccc2c(c1)C(NC(=O)c1ccc(-c3ccccc3)cc1)CCO2. The molecule has 1 atom stereocenters. The summed E-state index contributed by atoms with van der Waals surface area (Å²) in [6, 6.07) is 24.0. The van der Waals surface area contributed by atoms with Crippen LogP contribution in [0, 0.1) is 6.92 Å². The second kappa shape index (κ2) is 7.04. The Kier molecular flexibility index (Phi) is 4.44. The van der Waals surface area contributed by atoms with Crippen LogP contribution in [0.25, 0.3) is 11.1 Å². The summed E-state index contributed by atoms with van der Waals surface area (Å²) < 4.78 is 5.71. The lowest BCUT2D eigenvalue weighted by Gasteiger charge is -2.27. The zero-order valence-corrected chi connectivity index (χ0v) is 14.7. The Bertz CT molecular complexity index is 917. The van der Waals surface area contributed by atoms with Gasteiger partial charge in [-0.3, -0.25) is 4.79 Å². The monoisotopic (exact) mass is 343 g/mol. The third-order valence-corrected chi connectivity index (χ3v) is 4.76. The molecule has 0 fully saturated rings. The van der Waals surface area contributed by atoms with E-state index in [9.17, 15) is 4.79 Å². The highest BCUT2D eigenvalue weighted by molar-refractivity contribution is 5.95. The summed E-state index contributed by atoms with van der Waals surface area (Å²) in [5, 5.41) is 3.16. The van der Waals surface area contributed by atoms with Gasteiger partial charge in [0.25, 0.3) is 5.91 Å². The molecule has 1 heterocycles. The zero-order valence-electron chi connectivity index (χ0n) is 14.7. The van der Waals surface area contributed by atoms with Gasteiger partial charge in [0.1, 0.15) is 5.75 Å². The first kappa shape index (κ1) is 16.4. The van der Waals surface area contributed by atoms with Crippen LogP contribution >= 0.6 is 0 Å². The van der Waals surface area contributed by atoms with Gasteiger partial charge >= 0.3 is 0 Å². The fourth-order valence-corrected chi connectivity index (χ4v) is 3.35. The van der Waals surface area contributed by atoms with Gasteiger partial charge in [-0.2, -0.15) is 0 Å². The standard InChI is InChI=1S/C23H21NO2/c1-16-7-12-22-20(15-16)21(13-14-26-22)24-23(25)19-10-8-18(9-11-19)17-5-3-2-4-6-17/h2-12,15,21H,13-14H2,1H3,(H,24,25). The van der Waals surface area contributed by atoms with E-state index in [0.717, 1.165) is 28.9 Å². The average molecular weight is 343 g/mol. The maximum Gasteiger partial charge on any atom is 0.251 e. The first-order chi connectivity index (χ1) is 12.7. The molecule has 1 aliphatic heterocycles. The molecule has 3 nitrogen and oxygen atoms in total. The fraction of sp³-hybridized carbons (Fsp3) is 0.174. The Labute approximate surface area is 153 Å². The molecule has 0 aromatic heterocycles. The van der Waals surface area contributed by atoms with Gasteiger partial charge in [0.2, 0.25) is 0 Å². The molecule has 0 bridgehead atoms. The minimum atomic E-state index is -0.0519. The smallest absolute Gasteiger partial charge is 0.251 e. The predicted molar refractivity (Wildman–Crippen MR) is 103 cm³/mol. The third-order valence-electron chi connectivity index (χ3n) is 4.76. The molecule has 0 aliphatic carbocycles. The Morgan fingerprint density at radius 1 is 0.962 bits per heavy atom. The van der Waals surface area contributed by atoms with Crippen molar-refractivity contribution >= 4 is 5.91 Å². The molecule has 3 aromatic carbocycles. The maximum absolute atomic E-state index is 12.7. The second-order valence-electron chi connectivity index (χ2n) is 6.65. The van der Waals surface area contributed by atoms with Gasteiger partial charge in [0, 0.05) is 17.5 Å². The molecule has 1 amide bonds.